The molecule has 0 aliphatic carbocycles. The van der Waals surface area contributed by atoms with E-state index < -0.39 is 0 Å². The van der Waals surface area contributed by atoms with Crippen LogP contribution in [-0.4, -0.2) is 38.2 Å². The highest BCUT2D eigenvalue weighted by atomic mass is 35.5. The van der Waals surface area contributed by atoms with E-state index in [-0.39, 0.29) is 24.4 Å². The number of ether oxygens (including phenoxy) is 2. The minimum atomic E-state index is -0.325. The van der Waals surface area contributed by atoms with E-state index in [9.17, 15) is 9.59 Å². The third kappa shape index (κ3) is 5.32. The van der Waals surface area contributed by atoms with Crippen LogP contribution in [0.5, 0.6) is 11.5 Å². The maximum absolute atomic E-state index is 12.3. The van der Waals surface area contributed by atoms with Crippen LogP contribution in [-0.2, 0) is 11.3 Å². The number of nitrogens with one attached hydrogen (secondary N) is 2. The molecule has 0 radical (unpaired) electrons. The fourth-order valence-electron chi connectivity index (χ4n) is 3.19. The molecule has 1 atom stereocenters. The van der Waals surface area contributed by atoms with Crippen molar-refractivity contribution in [2.24, 2.45) is 0 Å². The number of urea groups is 1. The highest BCUT2D eigenvalue weighted by Gasteiger charge is 2.31. The highest BCUT2D eigenvalue weighted by molar-refractivity contribution is 6.30. The van der Waals surface area contributed by atoms with Crippen molar-refractivity contribution in [3.63, 3.8) is 0 Å². The molecule has 7 nitrogen and oxygen atoms in total. The molecule has 8 heteroatoms. The number of nitrogens with zero attached hydrogens (tertiary/aromatic N) is 1. The van der Waals surface area contributed by atoms with Crippen molar-refractivity contribution in [2.75, 3.05) is 25.2 Å². The Kier molecular flexibility index (Phi) is 6.82. The molecule has 1 saturated heterocycles. The third-order valence-electron chi connectivity index (χ3n) is 4.58. The van der Waals surface area contributed by atoms with Gasteiger partial charge in [0.05, 0.1) is 19.8 Å². The summed E-state index contributed by atoms with van der Waals surface area (Å²) in [4.78, 5) is 26.2. The third-order valence-corrected chi connectivity index (χ3v) is 4.83. The van der Waals surface area contributed by atoms with Gasteiger partial charge in [0, 0.05) is 30.2 Å². The van der Waals surface area contributed by atoms with Crippen LogP contribution in [0.25, 0.3) is 0 Å². The first-order chi connectivity index (χ1) is 14.0. The van der Waals surface area contributed by atoms with Gasteiger partial charge in [0.2, 0.25) is 5.91 Å². The summed E-state index contributed by atoms with van der Waals surface area (Å²) in [5.41, 5.74) is 1.65. The number of methoxy groups -OCH3 is 1. The number of carbonyl (C=O) groups is 2. The van der Waals surface area contributed by atoms with Crippen LogP contribution in [0.1, 0.15) is 18.9 Å². The molecule has 154 valence electrons. The second-order valence-electron chi connectivity index (χ2n) is 6.63. The minimum Gasteiger partial charge on any atom is -0.493 e. The first kappa shape index (κ1) is 20.8. The van der Waals surface area contributed by atoms with Gasteiger partial charge >= 0.3 is 6.03 Å². The summed E-state index contributed by atoms with van der Waals surface area (Å²) in [6.45, 7) is 3.17. The fourth-order valence-corrected chi connectivity index (χ4v) is 3.32. The Morgan fingerprint density at radius 1 is 1.21 bits per heavy atom. The molecular weight excluding hydrogens is 394 g/mol. The van der Waals surface area contributed by atoms with E-state index in [2.05, 4.69) is 10.6 Å². The van der Waals surface area contributed by atoms with Crippen LogP contribution >= 0.6 is 11.6 Å². The average molecular weight is 418 g/mol. The molecular formula is C21H24ClN3O4. The topological polar surface area (TPSA) is 79.9 Å². The van der Waals surface area contributed by atoms with Crippen molar-refractivity contribution >= 4 is 29.2 Å². The lowest BCUT2D eigenvalue weighted by molar-refractivity contribution is -0.117. The number of hydrogen-bond acceptors (Lipinski definition) is 4. The maximum Gasteiger partial charge on any atom is 0.315 e. The molecule has 1 fully saturated rings. The molecule has 1 aliphatic heterocycles. The Morgan fingerprint density at radius 2 is 1.97 bits per heavy atom. The van der Waals surface area contributed by atoms with Crippen LogP contribution in [0.4, 0.5) is 10.5 Å². The lowest BCUT2D eigenvalue weighted by Gasteiger charge is -2.17. The molecule has 29 heavy (non-hydrogen) atoms. The Bertz CT molecular complexity index is 873. The molecule has 0 spiro atoms. The van der Waals surface area contributed by atoms with Crippen LogP contribution in [0.3, 0.4) is 0 Å². The Labute approximate surface area is 174 Å². The molecule has 3 amide bonds. The van der Waals surface area contributed by atoms with Crippen LogP contribution in [0.2, 0.25) is 5.02 Å². The monoisotopic (exact) mass is 417 g/mol. The number of anilines is 1. The molecule has 0 saturated carbocycles. The molecule has 1 aliphatic rings. The van der Waals surface area contributed by atoms with E-state index in [1.807, 2.05) is 19.1 Å². The Hall–Kier alpha value is -2.93. The Morgan fingerprint density at radius 3 is 2.66 bits per heavy atom. The van der Waals surface area contributed by atoms with Gasteiger partial charge in [0.1, 0.15) is 0 Å². The summed E-state index contributed by atoms with van der Waals surface area (Å²) in [6, 6.07) is 12.0. The van der Waals surface area contributed by atoms with Crippen molar-refractivity contribution in [1.82, 2.24) is 10.6 Å². The van der Waals surface area contributed by atoms with Gasteiger partial charge in [0.25, 0.3) is 0 Å². The molecule has 2 N–H and O–H groups in total. The van der Waals surface area contributed by atoms with E-state index >= 15 is 0 Å². The molecule has 2 aromatic carbocycles. The van der Waals surface area contributed by atoms with E-state index in [1.165, 1.54) is 0 Å². The highest BCUT2D eigenvalue weighted by Crippen LogP contribution is 2.28. The van der Waals surface area contributed by atoms with Crippen molar-refractivity contribution in [3.8, 4) is 11.5 Å². The van der Waals surface area contributed by atoms with Gasteiger partial charge in [-0.3, -0.25) is 4.79 Å². The summed E-state index contributed by atoms with van der Waals surface area (Å²) in [6.07, 6.45) is 0.257. The predicted molar refractivity (Wildman–Crippen MR) is 112 cm³/mol. The van der Waals surface area contributed by atoms with E-state index in [4.69, 9.17) is 21.1 Å². The molecule has 0 aromatic heterocycles. The lowest BCUT2D eigenvalue weighted by Crippen LogP contribution is -2.43. The number of hydrogen-bond donors (Lipinski definition) is 2. The molecule has 0 unspecified atom stereocenters. The summed E-state index contributed by atoms with van der Waals surface area (Å²) in [5, 5.41) is 6.29. The number of amides is 3. The second-order valence-corrected chi connectivity index (χ2v) is 7.06. The van der Waals surface area contributed by atoms with E-state index in [1.54, 1.807) is 42.3 Å². The van der Waals surface area contributed by atoms with Gasteiger partial charge in [-0.25, -0.2) is 4.79 Å². The molecule has 0 bridgehead atoms. The summed E-state index contributed by atoms with van der Waals surface area (Å²) in [5.74, 6) is 1.25. The van der Waals surface area contributed by atoms with Gasteiger partial charge in [-0.05, 0) is 48.9 Å². The van der Waals surface area contributed by atoms with Gasteiger partial charge in [0.15, 0.2) is 11.5 Å². The number of benzene rings is 2. The Balaban J connectivity index is 1.53. The number of rotatable bonds is 7. The minimum absolute atomic E-state index is 0.0332. The van der Waals surface area contributed by atoms with Crippen LogP contribution in [0, 0.1) is 0 Å². The van der Waals surface area contributed by atoms with Crippen LogP contribution in [0.15, 0.2) is 42.5 Å². The SMILES string of the molecule is CCOc1cc(CNC(=O)N[C@@H]2CC(=O)N(c3ccc(Cl)cc3)C2)ccc1OC. The summed E-state index contributed by atoms with van der Waals surface area (Å²) < 4.78 is 10.8. The average Bonchev–Trinajstić information content (AvgIpc) is 3.07. The van der Waals surface area contributed by atoms with Gasteiger partial charge in [-0.15, -0.1) is 0 Å². The zero-order chi connectivity index (χ0) is 20.8. The zero-order valence-electron chi connectivity index (χ0n) is 16.4. The van der Waals surface area contributed by atoms with Crippen molar-refractivity contribution < 1.29 is 19.1 Å². The second kappa shape index (κ2) is 9.52. The zero-order valence-corrected chi connectivity index (χ0v) is 17.2. The van der Waals surface area contributed by atoms with Gasteiger partial charge in [-0.2, -0.15) is 0 Å². The van der Waals surface area contributed by atoms with E-state index in [0.29, 0.717) is 36.2 Å². The van der Waals surface area contributed by atoms with E-state index in [0.717, 1.165) is 11.3 Å². The molecule has 2 aromatic rings. The van der Waals surface area contributed by atoms with Gasteiger partial charge < -0.3 is 25.0 Å². The lowest BCUT2D eigenvalue weighted by atomic mass is 10.2. The van der Waals surface area contributed by atoms with Crippen LogP contribution < -0.4 is 25.0 Å². The molecule has 1 heterocycles. The fraction of sp³-hybridized carbons (Fsp3) is 0.333. The molecule has 3 rings (SSSR count). The maximum atomic E-state index is 12.3. The van der Waals surface area contributed by atoms with Crippen molar-refractivity contribution in [3.05, 3.63) is 53.1 Å². The van der Waals surface area contributed by atoms with Gasteiger partial charge in [-0.1, -0.05) is 17.7 Å². The predicted octanol–water partition coefficient (Wildman–Crippen LogP) is 3.35. The summed E-state index contributed by atoms with van der Waals surface area (Å²) >= 11 is 5.90. The normalized spacial score (nSPS) is 15.9. The quantitative estimate of drug-likeness (QED) is 0.724. The largest absolute Gasteiger partial charge is 0.493 e. The summed E-state index contributed by atoms with van der Waals surface area (Å²) in [7, 11) is 1.58. The van der Waals surface area contributed by atoms with Crippen molar-refractivity contribution in [2.45, 2.75) is 25.9 Å². The first-order valence-electron chi connectivity index (χ1n) is 9.40. The first-order valence-corrected chi connectivity index (χ1v) is 9.78. The number of carbonyl (C=O) groups excluding carboxylic acids is 2. The smallest absolute Gasteiger partial charge is 0.315 e. The standard InChI is InChI=1S/C21H24ClN3O4/c1-3-29-19-10-14(4-9-18(19)28-2)12-23-21(27)24-16-11-20(26)25(13-16)17-7-5-15(22)6-8-17/h4-10,16H,3,11-13H2,1-2H3,(H2,23,24,27)/t16-/m1/s1. The van der Waals surface area contributed by atoms with Crippen molar-refractivity contribution in [1.29, 1.82) is 0 Å². The number of halogens is 1.